The van der Waals surface area contributed by atoms with E-state index in [0.717, 1.165) is 22.5 Å². The molecule has 0 aromatic heterocycles. The highest BCUT2D eigenvalue weighted by Gasteiger charge is 2.13. The molecule has 0 spiro atoms. The zero-order valence-electron chi connectivity index (χ0n) is 8.21. The average molecular weight is 232 g/mol. The monoisotopic (exact) mass is 232 g/mol. The van der Waals surface area contributed by atoms with E-state index in [9.17, 15) is 9.59 Å². The van der Waals surface area contributed by atoms with Crippen molar-refractivity contribution in [2.45, 2.75) is 4.90 Å². The van der Waals surface area contributed by atoms with Gasteiger partial charge in [-0.1, -0.05) is 30.3 Å². The summed E-state index contributed by atoms with van der Waals surface area (Å²) in [6.45, 7) is 0. The third-order valence-corrected chi connectivity index (χ3v) is 2.96. The lowest BCUT2D eigenvalue weighted by Gasteiger charge is -2.00. The van der Waals surface area contributed by atoms with Gasteiger partial charge in [0.2, 0.25) is 0 Å². The fourth-order valence-corrected chi connectivity index (χ4v) is 2.00. The van der Waals surface area contributed by atoms with Gasteiger partial charge in [-0.3, -0.25) is 4.79 Å². The van der Waals surface area contributed by atoms with Crippen LogP contribution in [0.2, 0.25) is 0 Å². The average Bonchev–Trinajstić information content (AvgIpc) is 2.28. The lowest BCUT2D eigenvalue weighted by Crippen LogP contribution is -2.07. The molecule has 0 unspecified atom stereocenters. The molecule has 0 fully saturated rings. The van der Waals surface area contributed by atoms with Gasteiger partial charge in [-0.15, -0.1) is 0 Å². The zero-order chi connectivity index (χ0) is 11.5. The Hall–Kier alpha value is -1.81. The van der Waals surface area contributed by atoms with Crippen LogP contribution in [0.1, 0.15) is 0 Å². The number of rotatable bonds is 1. The maximum absolute atomic E-state index is 11.0. The molecule has 0 aliphatic heterocycles. The van der Waals surface area contributed by atoms with Crippen molar-refractivity contribution in [2.75, 3.05) is 0 Å². The third kappa shape index (κ3) is 2.23. The molecule has 0 bridgehead atoms. The molecule has 2 aromatic carbocycles. The molecule has 2 rings (SSSR count). The maximum Gasteiger partial charge on any atom is 0.383 e. The molecule has 0 aliphatic carbocycles. The SMILES string of the molecule is O=C(O)C(=O)Sc1ccc2ccccc2c1. The summed E-state index contributed by atoms with van der Waals surface area (Å²) < 4.78 is 0. The number of benzene rings is 2. The van der Waals surface area contributed by atoms with Gasteiger partial charge in [0, 0.05) is 4.90 Å². The molecule has 0 saturated heterocycles. The van der Waals surface area contributed by atoms with E-state index in [-0.39, 0.29) is 0 Å². The number of hydrogen-bond donors (Lipinski definition) is 1. The summed E-state index contributed by atoms with van der Waals surface area (Å²) in [5.74, 6) is -1.42. The highest BCUT2D eigenvalue weighted by molar-refractivity contribution is 8.15. The first-order valence-corrected chi connectivity index (χ1v) is 5.42. The molecule has 0 saturated carbocycles. The summed E-state index contributed by atoms with van der Waals surface area (Å²) in [5.41, 5.74) is 0. The number of carbonyl (C=O) groups is 2. The minimum atomic E-state index is -1.42. The minimum absolute atomic E-state index is 0.645. The fourth-order valence-electron chi connectivity index (χ4n) is 1.38. The highest BCUT2D eigenvalue weighted by Crippen LogP contribution is 2.24. The molecule has 4 heteroatoms. The van der Waals surface area contributed by atoms with Crippen molar-refractivity contribution in [3.05, 3.63) is 42.5 Å². The van der Waals surface area contributed by atoms with Crippen molar-refractivity contribution >= 4 is 33.6 Å². The molecule has 2 aromatic rings. The summed E-state index contributed by atoms with van der Waals surface area (Å²) in [4.78, 5) is 22.1. The summed E-state index contributed by atoms with van der Waals surface area (Å²) >= 11 is 0.728. The van der Waals surface area contributed by atoms with Crippen LogP contribution in [-0.4, -0.2) is 16.2 Å². The van der Waals surface area contributed by atoms with Gasteiger partial charge in [0.25, 0.3) is 0 Å². The van der Waals surface area contributed by atoms with E-state index >= 15 is 0 Å². The second-order valence-electron chi connectivity index (χ2n) is 3.20. The molecule has 1 N–H and O–H groups in total. The minimum Gasteiger partial charge on any atom is -0.475 e. The summed E-state index contributed by atoms with van der Waals surface area (Å²) in [5, 5.41) is 9.68. The molecule has 80 valence electrons. The van der Waals surface area contributed by atoms with E-state index in [4.69, 9.17) is 5.11 Å². The number of carbonyl (C=O) groups excluding carboxylic acids is 1. The fraction of sp³-hybridized carbons (Fsp3) is 0. The van der Waals surface area contributed by atoms with Crippen LogP contribution in [0.25, 0.3) is 10.8 Å². The molecular formula is C12H8O3S. The Morgan fingerprint density at radius 1 is 1.00 bits per heavy atom. The van der Waals surface area contributed by atoms with Crippen molar-refractivity contribution < 1.29 is 14.7 Å². The molecule has 3 nitrogen and oxygen atoms in total. The first kappa shape index (κ1) is 10.7. The molecule has 0 amide bonds. The van der Waals surface area contributed by atoms with Gasteiger partial charge in [0.15, 0.2) is 0 Å². The molecule has 0 aliphatic rings. The topological polar surface area (TPSA) is 54.4 Å². The van der Waals surface area contributed by atoms with Crippen LogP contribution >= 0.6 is 11.8 Å². The van der Waals surface area contributed by atoms with E-state index in [1.165, 1.54) is 0 Å². The van der Waals surface area contributed by atoms with Crippen LogP contribution in [-0.2, 0) is 9.59 Å². The maximum atomic E-state index is 11.0. The Labute approximate surface area is 96.1 Å². The van der Waals surface area contributed by atoms with Gasteiger partial charge in [-0.25, -0.2) is 4.79 Å². The van der Waals surface area contributed by atoms with Gasteiger partial charge in [-0.2, -0.15) is 0 Å². The number of carboxylic acid groups (broad SMARTS) is 1. The zero-order valence-corrected chi connectivity index (χ0v) is 9.03. The second kappa shape index (κ2) is 4.37. The summed E-state index contributed by atoms with van der Waals surface area (Å²) in [7, 11) is 0. The van der Waals surface area contributed by atoms with Crippen molar-refractivity contribution in [3.8, 4) is 0 Å². The third-order valence-electron chi connectivity index (χ3n) is 2.11. The van der Waals surface area contributed by atoms with E-state index in [1.54, 1.807) is 12.1 Å². The van der Waals surface area contributed by atoms with Gasteiger partial charge < -0.3 is 5.11 Å². The Bertz CT molecular complexity index is 563. The van der Waals surface area contributed by atoms with Gasteiger partial charge in [-0.05, 0) is 34.7 Å². The van der Waals surface area contributed by atoms with Crippen LogP contribution in [0.4, 0.5) is 0 Å². The summed E-state index contributed by atoms with van der Waals surface area (Å²) in [6.07, 6.45) is 0. The molecule has 16 heavy (non-hydrogen) atoms. The van der Waals surface area contributed by atoms with Crippen molar-refractivity contribution in [1.82, 2.24) is 0 Å². The van der Waals surface area contributed by atoms with E-state index in [2.05, 4.69) is 0 Å². The predicted octanol–water partition coefficient (Wildman–Crippen LogP) is 2.54. The van der Waals surface area contributed by atoms with Gasteiger partial charge >= 0.3 is 11.1 Å². The van der Waals surface area contributed by atoms with Gasteiger partial charge in [0.1, 0.15) is 0 Å². The van der Waals surface area contributed by atoms with Crippen molar-refractivity contribution in [3.63, 3.8) is 0 Å². The van der Waals surface area contributed by atoms with E-state index in [0.29, 0.717) is 4.90 Å². The van der Waals surface area contributed by atoms with E-state index < -0.39 is 11.1 Å². The Morgan fingerprint density at radius 3 is 2.38 bits per heavy atom. The standard InChI is InChI=1S/C12H8O3S/c13-11(14)12(15)16-10-6-5-8-3-1-2-4-9(8)7-10/h1-7H,(H,13,14). The Kier molecular flexibility index (Phi) is 2.92. The highest BCUT2D eigenvalue weighted by atomic mass is 32.2. The molecule has 0 heterocycles. The van der Waals surface area contributed by atoms with Crippen molar-refractivity contribution in [2.24, 2.45) is 0 Å². The van der Waals surface area contributed by atoms with Crippen LogP contribution in [0.15, 0.2) is 47.4 Å². The normalized spacial score (nSPS) is 10.2. The first-order chi connectivity index (χ1) is 7.66. The number of fused-ring (bicyclic) bond motifs is 1. The molecular weight excluding hydrogens is 224 g/mol. The number of carboxylic acids is 1. The Morgan fingerprint density at radius 2 is 1.69 bits per heavy atom. The van der Waals surface area contributed by atoms with Crippen LogP contribution in [0.3, 0.4) is 0 Å². The number of thioether (sulfide) groups is 1. The Balaban J connectivity index is 2.33. The second-order valence-corrected chi connectivity index (χ2v) is 4.25. The predicted molar refractivity (Wildman–Crippen MR) is 62.4 cm³/mol. The van der Waals surface area contributed by atoms with Crippen LogP contribution < -0.4 is 0 Å². The van der Waals surface area contributed by atoms with E-state index in [1.807, 2.05) is 30.3 Å². The van der Waals surface area contributed by atoms with Crippen molar-refractivity contribution in [1.29, 1.82) is 0 Å². The van der Waals surface area contributed by atoms with Crippen LogP contribution in [0.5, 0.6) is 0 Å². The lowest BCUT2D eigenvalue weighted by atomic mass is 10.1. The largest absolute Gasteiger partial charge is 0.475 e. The summed E-state index contributed by atoms with van der Waals surface area (Å²) in [6, 6.07) is 13.1. The smallest absolute Gasteiger partial charge is 0.383 e. The molecule has 0 radical (unpaired) electrons. The number of aliphatic carboxylic acids is 1. The van der Waals surface area contributed by atoms with Gasteiger partial charge in [0.05, 0.1) is 0 Å². The molecule has 0 atom stereocenters. The first-order valence-electron chi connectivity index (χ1n) is 4.61. The lowest BCUT2D eigenvalue weighted by molar-refractivity contribution is -0.144. The quantitative estimate of drug-likeness (QED) is 0.606. The van der Waals surface area contributed by atoms with Crippen LogP contribution in [0, 0.1) is 0 Å². The number of hydrogen-bond acceptors (Lipinski definition) is 3.